The second-order valence-electron chi connectivity index (χ2n) is 7.48. The molecule has 0 spiro atoms. The van der Waals surface area contributed by atoms with Gasteiger partial charge < -0.3 is 0 Å². The summed E-state index contributed by atoms with van der Waals surface area (Å²) in [5, 5.41) is 0. The Hall–Kier alpha value is -1.11. The minimum Gasteiger partial charge on any atom is -0.207 e. The molecule has 0 aromatic heterocycles. The molecule has 0 saturated heterocycles. The van der Waals surface area contributed by atoms with Crippen molar-refractivity contribution in [2.24, 2.45) is 17.3 Å². The van der Waals surface area contributed by atoms with Gasteiger partial charge in [0, 0.05) is 0 Å². The van der Waals surface area contributed by atoms with Crippen LogP contribution < -0.4 is 0 Å². The highest BCUT2D eigenvalue weighted by Gasteiger charge is 2.29. The van der Waals surface area contributed by atoms with Gasteiger partial charge >= 0.3 is 0 Å². The highest BCUT2D eigenvalue weighted by atomic mass is 19.1. The molecule has 0 aliphatic heterocycles. The van der Waals surface area contributed by atoms with E-state index in [0.29, 0.717) is 5.92 Å². The van der Waals surface area contributed by atoms with Gasteiger partial charge in [-0.05, 0) is 73.5 Å². The van der Waals surface area contributed by atoms with Crippen molar-refractivity contribution in [2.45, 2.75) is 59.8 Å². The Labute approximate surface area is 129 Å². The van der Waals surface area contributed by atoms with E-state index >= 15 is 0 Å². The highest BCUT2D eigenvalue weighted by Crippen LogP contribution is 2.39. The van der Waals surface area contributed by atoms with Gasteiger partial charge in [0.25, 0.3) is 0 Å². The van der Waals surface area contributed by atoms with E-state index in [2.05, 4.69) is 32.9 Å². The van der Waals surface area contributed by atoms with Crippen LogP contribution in [0.25, 0.3) is 0 Å². The molecule has 1 aliphatic rings. The first kappa shape index (κ1) is 16.3. The molecule has 1 heteroatoms. The van der Waals surface area contributed by atoms with E-state index in [1.165, 1.54) is 25.7 Å². The summed E-state index contributed by atoms with van der Waals surface area (Å²) in [6.07, 6.45) is 10.5. The molecule has 21 heavy (non-hydrogen) atoms. The number of allylic oxidation sites excluding steroid dienone is 2. The van der Waals surface area contributed by atoms with Crippen LogP contribution in [0.2, 0.25) is 0 Å². The van der Waals surface area contributed by atoms with E-state index < -0.39 is 0 Å². The first-order valence-electron chi connectivity index (χ1n) is 8.33. The van der Waals surface area contributed by atoms with Crippen molar-refractivity contribution in [1.82, 2.24) is 0 Å². The SMILES string of the molecule is CC[C@H]1C=CCCC1CC(C)(C)Cc1ccc(C)cc1F. The number of hydrogen-bond acceptors (Lipinski definition) is 0. The van der Waals surface area contributed by atoms with Gasteiger partial charge in [-0.15, -0.1) is 0 Å². The summed E-state index contributed by atoms with van der Waals surface area (Å²) < 4.78 is 14.1. The summed E-state index contributed by atoms with van der Waals surface area (Å²) in [6, 6.07) is 5.64. The van der Waals surface area contributed by atoms with Crippen molar-refractivity contribution >= 4 is 0 Å². The van der Waals surface area contributed by atoms with Gasteiger partial charge in [0.1, 0.15) is 5.82 Å². The maximum Gasteiger partial charge on any atom is 0.126 e. The summed E-state index contributed by atoms with van der Waals surface area (Å²) in [6.45, 7) is 8.80. The predicted octanol–water partition coefficient (Wildman–Crippen LogP) is 6.09. The molecule has 0 bridgehead atoms. The number of halogens is 1. The molecule has 1 unspecified atom stereocenters. The maximum atomic E-state index is 14.1. The Morgan fingerprint density at radius 2 is 2.05 bits per heavy atom. The van der Waals surface area contributed by atoms with Gasteiger partial charge in [-0.25, -0.2) is 4.39 Å². The van der Waals surface area contributed by atoms with Crippen LogP contribution in [-0.2, 0) is 6.42 Å². The molecule has 2 atom stereocenters. The third-order valence-electron chi connectivity index (χ3n) is 4.86. The lowest BCUT2D eigenvalue weighted by Crippen LogP contribution is -2.25. The molecule has 0 fully saturated rings. The highest BCUT2D eigenvalue weighted by molar-refractivity contribution is 5.24. The number of hydrogen-bond donors (Lipinski definition) is 0. The predicted molar refractivity (Wildman–Crippen MR) is 88.9 cm³/mol. The van der Waals surface area contributed by atoms with E-state index in [1.807, 2.05) is 19.1 Å². The largest absolute Gasteiger partial charge is 0.207 e. The van der Waals surface area contributed by atoms with Crippen LogP contribution in [0.1, 0.15) is 57.6 Å². The Morgan fingerprint density at radius 3 is 2.71 bits per heavy atom. The second-order valence-corrected chi connectivity index (χ2v) is 7.48. The number of benzene rings is 1. The van der Waals surface area contributed by atoms with E-state index in [1.54, 1.807) is 6.07 Å². The van der Waals surface area contributed by atoms with E-state index in [0.717, 1.165) is 23.5 Å². The van der Waals surface area contributed by atoms with E-state index in [9.17, 15) is 4.39 Å². The first-order valence-corrected chi connectivity index (χ1v) is 8.33. The van der Waals surface area contributed by atoms with Crippen LogP contribution in [0.15, 0.2) is 30.4 Å². The molecular formula is C20H29F. The molecule has 0 saturated carbocycles. The zero-order chi connectivity index (χ0) is 15.5. The standard InChI is InChI=1S/C20H29F/c1-5-16-8-6-7-9-17(16)13-20(3,4)14-18-11-10-15(2)12-19(18)21/h6,8,10-12,16-17H,5,7,9,13-14H2,1-4H3/t16-,17?/m0/s1. The fourth-order valence-electron chi connectivity index (χ4n) is 3.77. The van der Waals surface area contributed by atoms with Gasteiger partial charge in [0.15, 0.2) is 0 Å². The zero-order valence-electron chi connectivity index (χ0n) is 14.0. The van der Waals surface area contributed by atoms with Crippen LogP contribution in [0.3, 0.4) is 0 Å². The van der Waals surface area contributed by atoms with Crippen molar-refractivity contribution in [3.8, 4) is 0 Å². The Kier molecular flexibility index (Phi) is 5.24. The third-order valence-corrected chi connectivity index (χ3v) is 4.86. The van der Waals surface area contributed by atoms with Crippen LogP contribution in [0.5, 0.6) is 0 Å². The first-order chi connectivity index (χ1) is 9.91. The van der Waals surface area contributed by atoms with Gasteiger partial charge in [-0.2, -0.15) is 0 Å². The van der Waals surface area contributed by atoms with Crippen molar-refractivity contribution in [3.05, 3.63) is 47.3 Å². The fraction of sp³-hybridized carbons (Fsp3) is 0.600. The van der Waals surface area contributed by atoms with Crippen molar-refractivity contribution in [2.75, 3.05) is 0 Å². The monoisotopic (exact) mass is 288 g/mol. The van der Waals surface area contributed by atoms with Crippen LogP contribution in [-0.4, -0.2) is 0 Å². The normalized spacial score (nSPS) is 22.5. The smallest absolute Gasteiger partial charge is 0.126 e. The molecule has 1 aromatic carbocycles. The van der Waals surface area contributed by atoms with Crippen molar-refractivity contribution < 1.29 is 4.39 Å². The van der Waals surface area contributed by atoms with Crippen LogP contribution in [0.4, 0.5) is 4.39 Å². The minimum atomic E-state index is -0.0429. The van der Waals surface area contributed by atoms with Gasteiger partial charge in [-0.1, -0.05) is 45.1 Å². The third kappa shape index (κ3) is 4.43. The molecule has 1 aliphatic carbocycles. The summed E-state index contributed by atoms with van der Waals surface area (Å²) in [7, 11) is 0. The van der Waals surface area contributed by atoms with Crippen molar-refractivity contribution in [3.63, 3.8) is 0 Å². The second kappa shape index (κ2) is 6.77. The van der Waals surface area contributed by atoms with Crippen molar-refractivity contribution in [1.29, 1.82) is 0 Å². The molecule has 116 valence electrons. The lowest BCUT2D eigenvalue weighted by Gasteiger charge is -2.35. The summed E-state index contributed by atoms with van der Waals surface area (Å²) in [5.74, 6) is 1.42. The van der Waals surface area contributed by atoms with E-state index in [4.69, 9.17) is 0 Å². The number of rotatable bonds is 5. The van der Waals surface area contributed by atoms with Crippen LogP contribution in [0, 0.1) is 30.0 Å². The summed E-state index contributed by atoms with van der Waals surface area (Å²) >= 11 is 0. The van der Waals surface area contributed by atoms with Crippen LogP contribution >= 0.6 is 0 Å². The fourth-order valence-corrected chi connectivity index (χ4v) is 3.77. The Balaban J connectivity index is 2.05. The average Bonchev–Trinajstić information content (AvgIpc) is 2.42. The van der Waals surface area contributed by atoms with E-state index in [-0.39, 0.29) is 11.2 Å². The minimum absolute atomic E-state index is 0.0429. The Morgan fingerprint density at radius 1 is 1.29 bits per heavy atom. The summed E-state index contributed by atoms with van der Waals surface area (Å²) in [4.78, 5) is 0. The van der Waals surface area contributed by atoms with Gasteiger partial charge in [0.2, 0.25) is 0 Å². The maximum absolute atomic E-state index is 14.1. The molecule has 0 heterocycles. The Bertz CT molecular complexity index is 499. The average molecular weight is 288 g/mol. The lowest BCUT2D eigenvalue weighted by molar-refractivity contribution is 0.207. The molecule has 0 nitrogen and oxygen atoms in total. The topological polar surface area (TPSA) is 0 Å². The molecule has 1 aromatic rings. The quantitative estimate of drug-likeness (QED) is 0.575. The molecule has 0 amide bonds. The molecular weight excluding hydrogens is 259 g/mol. The van der Waals surface area contributed by atoms with Gasteiger partial charge in [-0.3, -0.25) is 0 Å². The molecule has 0 radical (unpaired) electrons. The number of aryl methyl sites for hydroxylation is 1. The molecule has 2 rings (SSSR count). The van der Waals surface area contributed by atoms with Gasteiger partial charge in [0.05, 0.1) is 0 Å². The lowest BCUT2D eigenvalue weighted by atomic mass is 9.70. The molecule has 0 N–H and O–H groups in total. The zero-order valence-corrected chi connectivity index (χ0v) is 14.0. The summed E-state index contributed by atoms with van der Waals surface area (Å²) in [5.41, 5.74) is 2.02.